The fraction of sp³-hybridized carbons (Fsp3) is 0.200. The van der Waals surface area contributed by atoms with Crippen molar-refractivity contribution < 1.29 is 14.1 Å². The standard InChI is InChI=1S/C15H15ClN2O2/c1-11-5-7-18(8-6-11)10-15(19)17-13-9-12(16)3-4-14(13)20-2/h3-9H,10H2,1-2H3/p+1. The van der Waals surface area contributed by atoms with Crippen LogP contribution in [-0.2, 0) is 11.3 Å². The van der Waals surface area contributed by atoms with Crippen LogP contribution >= 0.6 is 11.6 Å². The minimum absolute atomic E-state index is 0.139. The lowest BCUT2D eigenvalue weighted by molar-refractivity contribution is -0.684. The zero-order valence-corrected chi connectivity index (χ0v) is 12.1. The van der Waals surface area contributed by atoms with Gasteiger partial charge in [0.15, 0.2) is 12.4 Å². The molecule has 0 spiro atoms. The number of pyridine rings is 1. The van der Waals surface area contributed by atoms with Crippen molar-refractivity contribution >= 4 is 23.2 Å². The lowest BCUT2D eigenvalue weighted by Crippen LogP contribution is -2.39. The van der Waals surface area contributed by atoms with E-state index < -0.39 is 0 Å². The molecule has 2 aromatic rings. The number of halogens is 1. The molecule has 0 radical (unpaired) electrons. The lowest BCUT2D eigenvalue weighted by atomic mass is 10.3. The van der Waals surface area contributed by atoms with Crippen LogP contribution in [0, 0.1) is 6.92 Å². The number of nitrogens with zero attached hydrogens (tertiary/aromatic N) is 1. The van der Waals surface area contributed by atoms with Crippen LogP contribution in [0.15, 0.2) is 42.7 Å². The van der Waals surface area contributed by atoms with Gasteiger partial charge in [-0.05, 0) is 30.7 Å². The Hall–Kier alpha value is -2.07. The van der Waals surface area contributed by atoms with E-state index in [0.717, 1.165) is 5.56 Å². The minimum Gasteiger partial charge on any atom is -0.495 e. The fourth-order valence-corrected chi connectivity index (χ4v) is 1.94. The number of benzene rings is 1. The highest BCUT2D eigenvalue weighted by molar-refractivity contribution is 6.31. The van der Waals surface area contributed by atoms with E-state index in [0.29, 0.717) is 16.5 Å². The van der Waals surface area contributed by atoms with E-state index in [9.17, 15) is 4.79 Å². The van der Waals surface area contributed by atoms with E-state index in [1.807, 2.05) is 31.5 Å². The third-order valence-corrected chi connectivity index (χ3v) is 3.05. The van der Waals surface area contributed by atoms with Crippen LogP contribution in [0.25, 0.3) is 0 Å². The molecule has 1 amide bonds. The van der Waals surface area contributed by atoms with E-state index in [1.165, 1.54) is 0 Å². The Morgan fingerprint density at radius 3 is 2.65 bits per heavy atom. The number of nitrogens with one attached hydrogen (secondary N) is 1. The van der Waals surface area contributed by atoms with Crippen LogP contribution in [0.4, 0.5) is 5.69 Å². The smallest absolute Gasteiger partial charge is 0.290 e. The molecule has 0 aliphatic carbocycles. The van der Waals surface area contributed by atoms with Crippen LogP contribution in [0.3, 0.4) is 0 Å². The molecule has 0 bridgehead atoms. The lowest BCUT2D eigenvalue weighted by Gasteiger charge is -2.09. The first-order valence-corrected chi connectivity index (χ1v) is 6.55. The SMILES string of the molecule is COc1ccc(Cl)cc1NC(=O)C[n+]1ccc(C)cc1. The summed E-state index contributed by atoms with van der Waals surface area (Å²) in [6.45, 7) is 2.23. The van der Waals surface area contributed by atoms with E-state index in [1.54, 1.807) is 29.9 Å². The average Bonchev–Trinajstić information content (AvgIpc) is 2.41. The van der Waals surface area contributed by atoms with Gasteiger partial charge in [0.25, 0.3) is 5.91 Å². The first kappa shape index (κ1) is 14.3. The molecule has 4 nitrogen and oxygen atoms in total. The van der Waals surface area contributed by atoms with E-state index in [2.05, 4.69) is 5.32 Å². The van der Waals surface area contributed by atoms with Crippen LogP contribution in [0.2, 0.25) is 5.02 Å². The molecule has 2 rings (SSSR count). The topological polar surface area (TPSA) is 42.2 Å². The molecule has 0 atom stereocenters. The van der Waals surface area contributed by atoms with Crippen molar-refractivity contribution in [2.45, 2.75) is 13.5 Å². The molecule has 1 aromatic carbocycles. The van der Waals surface area contributed by atoms with E-state index in [-0.39, 0.29) is 12.5 Å². The summed E-state index contributed by atoms with van der Waals surface area (Å²) in [5.41, 5.74) is 1.72. The Labute approximate surface area is 123 Å². The molecule has 1 heterocycles. The minimum atomic E-state index is -0.139. The van der Waals surface area contributed by atoms with Crippen molar-refractivity contribution in [3.8, 4) is 5.75 Å². The van der Waals surface area contributed by atoms with Gasteiger partial charge < -0.3 is 10.1 Å². The molecule has 0 saturated heterocycles. The van der Waals surface area contributed by atoms with Gasteiger partial charge in [-0.15, -0.1) is 0 Å². The number of methoxy groups -OCH3 is 1. The molecular weight excluding hydrogens is 276 g/mol. The summed E-state index contributed by atoms with van der Waals surface area (Å²) >= 11 is 5.92. The maximum Gasteiger partial charge on any atom is 0.290 e. The predicted octanol–water partition coefficient (Wildman–Crippen LogP) is 2.58. The number of carbonyl (C=O) groups excluding carboxylic acids is 1. The summed E-state index contributed by atoms with van der Waals surface area (Å²) in [5, 5.41) is 3.34. The number of aryl methyl sites for hydroxylation is 1. The second kappa shape index (κ2) is 6.39. The zero-order chi connectivity index (χ0) is 14.5. The third kappa shape index (κ3) is 3.71. The van der Waals surface area contributed by atoms with Gasteiger partial charge >= 0.3 is 0 Å². The number of amides is 1. The molecule has 1 N–H and O–H groups in total. The molecule has 0 aliphatic heterocycles. The summed E-state index contributed by atoms with van der Waals surface area (Å²) in [6, 6.07) is 9.00. The van der Waals surface area contributed by atoms with Gasteiger partial charge in [0, 0.05) is 17.2 Å². The van der Waals surface area contributed by atoms with Gasteiger partial charge in [-0.1, -0.05) is 11.6 Å². The summed E-state index contributed by atoms with van der Waals surface area (Å²) in [5.74, 6) is 0.441. The predicted molar refractivity (Wildman–Crippen MR) is 78.0 cm³/mol. The van der Waals surface area contributed by atoms with Crippen LogP contribution in [0.5, 0.6) is 5.75 Å². The van der Waals surface area contributed by atoms with Crippen molar-refractivity contribution in [3.63, 3.8) is 0 Å². The number of anilines is 1. The van der Waals surface area contributed by atoms with Gasteiger partial charge in [-0.2, -0.15) is 4.57 Å². The summed E-state index contributed by atoms with van der Waals surface area (Å²) in [6.07, 6.45) is 3.73. The highest BCUT2D eigenvalue weighted by Crippen LogP contribution is 2.27. The Morgan fingerprint density at radius 2 is 2.00 bits per heavy atom. The Balaban J connectivity index is 2.08. The van der Waals surface area contributed by atoms with Crippen molar-refractivity contribution in [2.75, 3.05) is 12.4 Å². The number of hydrogen-bond acceptors (Lipinski definition) is 2. The normalized spacial score (nSPS) is 10.2. The van der Waals surface area contributed by atoms with Gasteiger partial charge in [0.05, 0.1) is 12.8 Å². The first-order valence-electron chi connectivity index (χ1n) is 6.17. The van der Waals surface area contributed by atoms with E-state index >= 15 is 0 Å². The summed E-state index contributed by atoms with van der Waals surface area (Å²) < 4.78 is 6.99. The van der Waals surface area contributed by atoms with Crippen LogP contribution < -0.4 is 14.6 Å². The van der Waals surface area contributed by atoms with Gasteiger partial charge in [0.2, 0.25) is 6.54 Å². The van der Waals surface area contributed by atoms with Crippen LogP contribution in [-0.4, -0.2) is 13.0 Å². The molecular formula is C15H16ClN2O2+. The average molecular weight is 292 g/mol. The summed E-state index contributed by atoms with van der Waals surface area (Å²) in [7, 11) is 1.55. The third-order valence-electron chi connectivity index (χ3n) is 2.82. The van der Waals surface area contributed by atoms with Crippen molar-refractivity contribution in [1.82, 2.24) is 0 Å². The number of rotatable bonds is 4. The molecule has 0 aliphatic rings. The Bertz CT molecular complexity index is 612. The molecule has 20 heavy (non-hydrogen) atoms. The maximum atomic E-state index is 12.0. The molecule has 0 unspecified atom stereocenters. The largest absolute Gasteiger partial charge is 0.495 e. The fourth-order valence-electron chi connectivity index (χ4n) is 1.77. The monoisotopic (exact) mass is 291 g/mol. The van der Waals surface area contributed by atoms with E-state index in [4.69, 9.17) is 16.3 Å². The van der Waals surface area contributed by atoms with Gasteiger partial charge in [0.1, 0.15) is 5.75 Å². The molecule has 1 aromatic heterocycles. The molecule has 0 fully saturated rings. The van der Waals surface area contributed by atoms with Crippen LogP contribution in [0.1, 0.15) is 5.56 Å². The Kier molecular flexibility index (Phi) is 4.58. The summed E-state index contributed by atoms with van der Waals surface area (Å²) in [4.78, 5) is 12.0. The molecule has 0 saturated carbocycles. The number of carbonyl (C=O) groups is 1. The number of hydrogen-bond donors (Lipinski definition) is 1. The highest BCUT2D eigenvalue weighted by atomic mass is 35.5. The van der Waals surface area contributed by atoms with Gasteiger partial charge in [-0.3, -0.25) is 4.79 Å². The van der Waals surface area contributed by atoms with Crippen molar-refractivity contribution in [2.24, 2.45) is 0 Å². The zero-order valence-electron chi connectivity index (χ0n) is 11.4. The quantitative estimate of drug-likeness (QED) is 0.880. The first-order chi connectivity index (χ1) is 9.58. The highest BCUT2D eigenvalue weighted by Gasteiger charge is 2.12. The number of aromatic nitrogens is 1. The van der Waals surface area contributed by atoms with Gasteiger partial charge in [-0.25, -0.2) is 0 Å². The molecule has 5 heteroatoms. The molecule has 104 valence electrons. The maximum absolute atomic E-state index is 12.0. The van der Waals surface area contributed by atoms with Crippen molar-refractivity contribution in [3.05, 3.63) is 53.3 Å². The second-order valence-electron chi connectivity index (χ2n) is 4.44. The Morgan fingerprint density at radius 1 is 1.30 bits per heavy atom. The second-order valence-corrected chi connectivity index (χ2v) is 4.88. The number of ether oxygens (including phenoxy) is 1. The van der Waals surface area contributed by atoms with Crippen molar-refractivity contribution in [1.29, 1.82) is 0 Å².